The van der Waals surface area contributed by atoms with Crippen molar-refractivity contribution in [2.45, 2.75) is 17.9 Å². The maximum Gasteiger partial charge on any atom is 0.246 e. The van der Waals surface area contributed by atoms with E-state index in [0.29, 0.717) is 0 Å². The van der Waals surface area contributed by atoms with Crippen LogP contribution in [0.1, 0.15) is 17.2 Å². The molecule has 0 fully saturated rings. The normalized spacial score (nSPS) is 11.7. The molecule has 0 aliphatic rings. The Hall–Kier alpha value is -1.93. The quantitative estimate of drug-likeness (QED) is 0.670. The number of amides is 2. The lowest BCUT2D eigenvalue weighted by Crippen LogP contribution is -2.39. The number of benzene rings is 2. The third-order valence-corrected chi connectivity index (χ3v) is 5.26. The average Bonchev–Trinajstić information content (AvgIpc) is 2.60. The van der Waals surface area contributed by atoms with E-state index in [1.54, 1.807) is 0 Å². The second-order valence-corrected chi connectivity index (χ2v) is 7.42. The molecule has 138 valence electrons. The van der Waals surface area contributed by atoms with Crippen molar-refractivity contribution in [1.29, 1.82) is 0 Å². The van der Waals surface area contributed by atoms with Crippen LogP contribution in [0.15, 0.2) is 45.8 Å². The molecule has 8 heteroatoms. The highest BCUT2D eigenvalue weighted by Gasteiger charge is 2.23. The Labute approximate surface area is 162 Å². The zero-order chi connectivity index (χ0) is 19.3. The van der Waals surface area contributed by atoms with Crippen LogP contribution in [-0.4, -0.2) is 24.6 Å². The molecule has 0 aliphatic carbocycles. The molecule has 2 aromatic rings. The van der Waals surface area contributed by atoms with Gasteiger partial charge in [0.1, 0.15) is 6.04 Å². The third kappa shape index (κ3) is 5.28. The Bertz CT molecular complexity index is 833. The maximum atomic E-state index is 13.5. The van der Waals surface area contributed by atoms with Crippen molar-refractivity contribution in [3.8, 4) is 0 Å². The number of aryl methyl sites for hydroxylation is 1. The third-order valence-electron chi connectivity index (χ3n) is 3.59. The van der Waals surface area contributed by atoms with Crippen LogP contribution in [0.4, 0.5) is 8.78 Å². The summed E-state index contributed by atoms with van der Waals surface area (Å²) in [7, 11) is 1.40. The highest BCUT2D eigenvalue weighted by atomic mass is 79.9. The molecule has 0 saturated heterocycles. The van der Waals surface area contributed by atoms with Gasteiger partial charge in [-0.05, 0) is 48.4 Å². The van der Waals surface area contributed by atoms with Crippen LogP contribution in [0.2, 0.25) is 0 Å². The number of thioether (sulfide) groups is 1. The molecule has 4 nitrogen and oxygen atoms in total. The number of carbonyl (C=O) groups excluding carboxylic acids is 2. The second-order valence-electron chi connectivity index (χ2n) is 5.49. The van der Waals surface area contributed by atoms with E-state index in [4.69, 9.17) is 0 Å². The summed E-state index contributed by atoms with van der Waals surface area (Å²) in [6, 6.07) is 7.70. The maximum absolute atomic E-state index is 13.5. The van der Waals surface area contributed by atoms with Crippen molar-refractivity contribution in [2.75, 3.05) is 12.8 Å². The van der Waals surface area contributed by atoms with Crippen molar-refractivity contribution in [3.63, 3.8) is 0 Å². The summed E-state index contributed by atoms with van der Waals surface area (Å²) in [5, 5.41) is 4.97. The number of likely N-dealkylation sites (N-methyl/N-ethyl adjacent to an activating group) is 1. The minimum Gasteiger partial charge on any atom is -0.357 e. The van der Waals surface area contributed by atoms with Crippen LogP contribution in [0.25, 0.3) is 0 Å². The minimum absolute atomic E-state index is 0.0830. The summed E-state index contributed by atoms with van der Waals surface area (Å²) >= 11 is 4.71. The summed E-state index contributed by atoms with van der Waals surface area (Å²) in [5.74, 6) is -2.92. The first-order chi connectivity index (χ1) is 12.3. The fraction of sp³-hybridized carbons (Fsp3) is 0.222. The molecule has 0 saturated carbocycles. The van der Waals surface area contributed by atoms with Gasteiger partial charge in [-0.1, -0.05) is 22.0 Å². The van der Waals surface area contributed by atoms with Gasteiger partial charge in [-0.15, -0.1) is 11.8 Å². The van der Waals surface area contributed by atoms with E-state index in [0.717, 1.165) is 27.1 Å². The summed E-state index contributed by atoms with van der Waals surface area (Å²) in [4.78, 5) is 25.3. The molecule has 0 radical (unpaired) electrons. The van der Waals surface area contributed by atoms with Crippen LogP contribution in [-0.2, 0) is 9.59 Å². The topological polar surface area (TPSA) is 58.2 Å². The summed E-state index contributed by atoms with van der Waals surface area (Å²) < 4.78 is 27.5. The van der Waals surface area contributed by atoms with Crippen molar-refractivity contribution >= 4 is 39.5 Å². The first-order valence-corrected chi connectivity index (χ1v) is 9.44. The zero-order valence-electron chi connectivity index (χ0n) is 14.1. The number of carbonyl (C=O) groups is 2. The zero-order valence-corrected chi connectivity index (χ0v) is 16.5. The Morgan fingerprint density at radius 3 is 2.50 bits per heavy atom. The Morgan fingerprint density at radius 2 is 1.88 bits per heavy atom. The molecule has 2 amide bonds. The van der Waals surface area contributed by atoms with Crippen molar-refractivity contribution in [2.24, 2.45) is 0 Å². The molecule has 26 heavy (non-hydrogen) atoms. The monoisotopic (exact) mass is 442 g/mol. The number of hydrogen-bond acceptors (Lipinski definition) is 3. The molecule has 1 unspecified atom stereocenters. The van der Waals surface area contributed by atoms with E-state index in [1.165, 1.54) is 24.9 Å². The fourth-order valence-electron chi connectivity index (χ4n) is 2.26. The molecular weight excluding hydrogens is 426 g/mol. The van der Waals surface area contributed by atoms with Crippen molar-refractivity contribution < 1.29 is 18.4 Å². The number of rotatable bonds is 6. The number of hydrogen-bond donors (Lipinski definition) is 2. The van der Waals surface area contributed by atoms with Gasteiger partial charge in [0.15, 0.2) is 11.6 Å². The lowest BCUT2D eigenvalue weighted by molar-refractivity contribution is -0.127. The molecule has 2 rings (SSSR count). The van der Waals surface area contributed by atoms with E-state index >= 15 is 0 Å². The standard InChI is InChI=1S/C18H17BrF2N2O2S/c1-10-7-12(19)4-6-15(10)26-9-16(24)23-17(18(25)22-2)11-3-5-13(20)14(21)8-11/h3-8,17H,9H2,1-2H3,(H,22,25)(H,23,24). The highest BCUT2D eigenvalue weighted by molar-refractivity contribution is 9.10. The van der Waals surface area contributed by atoms with Gasteiger partial charge < -0.3 is 10.6 Å². The van der Waals surface area contributed by atoms with E-state index < -0.39 is 29.5 Å². The molecular formula is C18H17BrF2N2O2S. The average molecular weight is 443 g/mol. The van der Waals surface area contributed by atoms with Gasteiger partial charge in [0.2, 0.25) is 11.8 Å². The molecule has 0 spiro atoms. The second kappa shape index (κ2) is 9.14. The fourth-order valence-corrected chi connectivity index (χ4v) is 3.55. The van der Waals surface area contributed by atoms with Crippen molar-refractivity contribution in [1.82, 2.24) is 10.6 Å². The molecule has 1 atom stereocenters. The van der Waals surface area contributed by atoms with Gasteiger partial charge in [-0.25, -0.2) is 8.78 Å². The molecule has 2 N–H and O–H groups in total. The molecule has 0 aliphatic heterocycles. The first-order valence-electron chi connectivity index (χ1n) is 7.66. The lowest BCUT2D eigenvalue weighted by atomic mass is 10.1. The smallest absolute Gasteiger partial charge is 0.246 e. The van der Waals surface area contributed by atoms with Crippen LogP contribution < -0.4 is 10.6 Å². The van der Waals surface area contributed by atoms with Crippen LogP contribution >= 0.6 is 27.7 Å². The highest BCUT2D eigenvalue weighted by Crippen LogP contribution is 2.25. The molecule has 2 aromatic carbocycles. The lowest BCUT2D eigenvalue weighted by Gasteiger charge is -2.18. The summed E-state index contributed by atoms with van der Waals surface area (Å²) in [6.45, 7) is 1.93. The van der Waals surface area contributed by atoms with Crippen LogP contribution in [0.5, 0.6) is 0 Å². The van der Waals surface area contributed by atoms with Gasteiger partial charge in [-0.3, -0.25) is 9.59 Å². The Balaban J connectivity index is 2.08. The van der Waals surface area contributed by atoms with Gasteiger partial charge in [0, 0.05) is 16.4 Å². The number of halogens is 3. The summed E-state index contributed by atoms with van der Waals surface area (Å²) in [5.41, 5.74) is 1.18. The van der Waals surface area contributed by atoms with E-state index in [-0.39, 0.29) is 11.3 Å². The molecule has 0 heterocycles. The largest absolute Gasteiger partial charge is 0.357 e. The SMILES string of the molecule is CNC(=O)C(NC(=O)CSc1ccc(Br)cc1C)c1ccc(F)c(F)c1. The van der Waals surface area contributed by atoms with Gasteiger partial charge in [0.05, 0.1) is 5.75 Å². The molecule has 0 bridgehead atoms. The Kier molecular flexibility index (Phi) is 7.16. The van der Waals surface area contributed by atoms with Crippen LogP contribution in [0.3, 0.4) is 0 Å². The van der Waals surface area contributed by atoms with E-state index in [2.05, 4.69) is 26.6 Å². The first kappa shape index (κ1) is 20.4. The Morgan fingerprint density at radius 1 is 1.15 bits per heavy atom. The van der Waals surface area contributed by atoms with E-state index in [9.17, 15) is 18.4 Å². The minimum atomic E-state index is -1.10. The van der Waals surface area contributed by atoms with E-state index in [1.807, 2.05) is 25.1 Å². The molecule has 0 aromatic heterocycles. The number of nitrogens with one attached hydrogen (secondary N) is 2. The predicted octanol–water partition coefficient (Wildman–Crippen LogP) is 3.73. The van der Waals surface area contributed by atoms with Gasteiger partial charge in [-0.2, -0.15) is 0 Å². The summed E-state index contributed by atoms with van der Waals surface area (Å²) in [6.07, 6.45) is 0. The van der Waals surface area contributed by atoms with Gasteiger partial charge >= 0.3 is 0 Å². The van der Waals surface area contributed by atoms with Crippen molar-refractivity contribution in [3.05, 3.63) is 63.6 Å². The predicted molar refractivity (Wildman–Crippen MR) is 101 cm³/mol. The van der Waals surface area contributed by atoms with Crippen LogP contribution in [0, 0.1) is 18.6 Å². The van der Waals surface area contributed by atoms with Gasteiger partial charge in [0.25, 0.3) is 0 Å².